The topological polar surface area (TPSA) is 46.7 Å². The highest BCUT2D eigenvalue weighted by Gasteiger charge is 2.31. The standard InChI is InChI=1S/C50H44N4O2/c1-49(2,3)33-26-27-51-45(28-33)54-43-30-36(23-24-38(43)48-47(54)46-37-17-8-7-14-32(37)22-25-44(46)56-48)55-35-16-13-15-34(29-35)52-31-53(42-21-12-11-20-41(42)52)40-19-10-9-18-39(40)50(4,5)6/h7-30H,31H2,1-6H3. The SMILES string of the molecule is CC(C)(C)c1ccnc(-n2c3cc(Oc4cccc(N5CN(c6ccccc6C(C)(C)C)c6ccccc65)c4)ccc3c3oc4ccc5ccccc5c4c32)c1. The van der Waals surface area contributed by atoms with Crippen molar-refractivity contribution in [1.29, 1.82) is 0 Å². The maximum absolute atomic E-state index is 6.74. The van der Waals surface area contributed by atoms with Gasteiger partial charge in [-0.05, 0) is 93.4 Å². The van der Waals surface area contributed by atoms with Crippen molar-refractivity contribution >= 4 is 66.5 Å². The minimum atomic E-state index is -0.0485. The van der Waals surface area contributed by atoms with Crippen molar-refractivity contribution in [3.05, 3.63) is 157 Å². The molecule has 6 aromatic carbocycles. The molecule has 10 rings (SSSR count). The molecule has 0 spiro atoms. The molecule has 0 bridgehead atoms. The minimum Gasteiger partial charge on any atom is -0.457 e. The van der Waals surface area contributed by atoms with E-state index in [2.05, 4.69) is 183 Å². The van der Waals surface area contributed by atoms with Gasteiger partial charge in [-0.25, -0.2) is 4.98 Å². The molecule has 0 radical (unpaired) electrons. The molecule has 276 valence electrons. The zero-order chi connectivity index (χ0) is 38.3. The summed E-state index contributed by atoms with van der Waals surface area (Å²) in [5.41, 5.74) is 10.8. The van der Waals surface area contributed by atoms with Crippen molar-refractivity contribution in [3.63, 3.8) is 0 Å². The van der Waals surface area contributed by atoms with E-state index in [0.717, 1.165) is 61.4 Å². The molecule has 4 heterocycles. The van der Waals surface area contributed by atoms with Gasteiger partial charge >= 0.3 is 0 Å². The van der Waals surface area contributed by atoms with Gasteiger partial charge < -0.3 is 19.0 Å². The van der Waals surface area contributed by atoms with Gasteiger partial charge in [0.2, 0.25) is 0 Å². The number of ether oxygens (including phenoxy) is 1. The molecular weight excluding hydrogens is 689 g/mol. The highest BCUT2D eigenvalue weighted by atomic mass is 16.5. The van der Waals surface area contributed by atoms with E-state index >= 15 is 0 Å². The number of rotatable bonds is 5. The number of furan rings is 1. The van der Waals surface area contributed by atoms with E-state index in [4.69, 9.17) is 14.1 Å². The lowest BCUT2D eigenvalue weighted by Crippen LogP contribution is -2.26. The molecule has 6 nitrogen and oxygen atoms in total. The molecule has 0 fully saturated rings. The fourth-order valence-electron chi connectivity index (χ4n) is 8.40. The second kappa shape index (κ2) is 12.5. The summed E-state index contributed by atoms with van der Waals surface area (Å²) < 4.78 is 15.7. The normalized spacial score (nSPS) is 13.4. The summed E-state index contributed by atoms with van der Waals surface area (Å²) in [6, 6.07) is 49.1. The first-order valence-electron chi connectivity index (χ1n) is 19.4. The third-order valence-electron chi connectivity index (χ3n) is 11.2. The molecule has 0 atom stereocenters. The van der Waals surface area contributed by atoms with Gasteiger partial charge in [0.15, 0.2) is 5.58 Å². The number of benzene rings is 6. The average Bonchev–Trinajstić information content (AvgIpc) is 3.86. The Morgan fingerprint density at radius 3 is 2.14 bits per heavy atom. The highest BCUT2D eigenvalue weighted by Crippen LogP contribution is 2.48. The van der Waals surface area contributed by atoms with Crippen LogP contribution in [0, 0.1) is 0 Å². The van der Waals surface area contributed by atoms with Crippen LogP contribution in [0.15, 0.2) is 150 Å². The Kier molecular flexibility index (Phi) is 7.59. The monoisotopic (exact) mass is 732 g/mol. The van der Waals surface area contributed by atoms with Gasteiger partial charge in [-0.2, -0.15) is 0 Å². The average molecular weight is 733 g/mol. The number of nitrogens with zero attached hydrogens (tertiary/aromatic N) is 4. The number of fused-ring (bicyclic) bond motifs is 8. The van der Waals surface area contributed by atoms with Crippen LogP contribution in [0.5, 0.6) is 11.5 Å². The molecule has 9 aromatic rings. The lowest BCUT2D eigenvalue weighted by Gasteiger charge is -2.29. The quantitative estimate of drug-likeness (QED) is 0.176. The number of anilines is 4. The van der Waals surface area contributed by atoms with Gasteiger partial charge in [-0.15, -0.1) is 0 Å². The third-order valence-corrected chi connectivity index (χ3v) is 11.2. The lowest BCUT2D eigenvalue weighted by molar-refractivity contribution is 0.483. The molecule has 0 aliphatic carbocycles. The number of para-hydroxylation sites is 3. The van der Waals surface area contributed by atoms with Crippen molar-refractivity contribution in [2.75, 3.05) is 16.5 Å². The van der Waals surface area contributed by atoms with Gasteiger partial charge in [0.1, 0.15) is 35.1 Å². The molecular formula is C50H44N4O2. The van der Waals surface area contributed by atoms with E-state index in [1.807, 2.05) is 18.3 Å². The van der Waals surface area contributed by atoms with Crippen LogP contribution < -0.4 is 14.5 Å². The predicted molar refractivity (Wildman–Crippen MR) is 232 cm³/mol. The number of hydrogen-bond acceptors (Lipinski definition) is 5. The first kappa shape index (κ1) is 34.0. The van der Waals surface area contributed by atoms with Gasteiger partial charge in [-0.1, -0.05) is 108 Å². The second-order valence-electron chi connectivity index (χ2n) is 17.0. The van der Waals surface area contributed by atoms with Gasteiger partial charge in [0.25, 0.3) is 0 Å². The van der Waals surface area contributed by atoms with Crippen LogP contribution >= 0.6 is 0 Å². The number of aromatic nitrogens is 2. The Morgan fingerprint density at radius 1 is 0.607 bits per heavy atom. The van der Waals surface area contributed by atoms with E-state index in [0.29, 0.717) is 6.67 Å². The Balaban J connectivity index is 1.08. The second-order valence-corrected chi connectivity index (χ2v) is 17.0. The largest absolute Gasteiger partial charge is 0.457 e. The lowest BCUT2D eigenvalue weighted by atomic mass is 9.85. The van der Waals surface area contributed by atoms with Crippen LogP contribution in [0.2, 0.25) is 0 Å². The van der Waals surface area contributed by atoms with Crippen LogP contribution in [-0.2, 0) is 10.8 Å². The fraction of sp³-hybridized carbons (Fsp3) is 0.180. The van der Waals surface area contributed by atoms with Crippen molar-refractivity contribution in [3.8, 4) is 17.3 Å². The van der Waals surface area contributed by atoms with Crippen LogP contribution in [0.4, 0.5) is 22.7 Å². The van der Waals surface area contributed by atoms with Crippen LogP contribution in [0.3, 0.4) is 0 Å². The van der Waals surface area contributed by atoms with E-state index in [1.165, 1.54) is 33.6 Å². The molecule has 56 heavy (non-hydrogen) atoms. The predicted octanol–water partition coefficient (Wildman–Crippen LogP) is 13.7. The van der Waals surface area contributed by atoms with E-state index < -0.39 is 0 Å². The Hall–Kier alpha value is -6.53. The Morgan fingerprint density at radius 2 is 1.34 bits per heavy atom. The molecule has 1 aliphatic heterocycles. The zero-order valence-electron chi connectivity index (χ0n) is 32.7. The molecule has 0 unspecified atom stereocenters. The summed E-state index contributed by atoms with van der Waals surface area (Å²) in [7, 11) is 0. The van der Waals surface area contributed by atoms with Gasteiger partial charge in [0, 0.05) is 35.1 Å². The van der Waals surface area contributed by atoms with Crippen molar-refractivity contribution < 1.29 is 9.15 Å². The summed E-state index contributed by atoms with van der Waals surface area (Å²) in [5, 5.41) is 4.41. The summed E-state index contributed by atoms with van der Waals surface area (Å²) in [4.78, 5) is 9.76. The maximum atomic E-state index is 6.74. The molecule has 0 N–H and O–H groups in total. The fourth-order valence-corrected chi connectivity index (χ4v) is 8.40. The number of pyridine rings is 1. The highest BCUT2D eigenvalue weighted by molar-refractivity contribution is 6.24. The van der Waals surface area contributed by atoms with Crippen LogP contribution in [-0.4, -0.2) is 16.2 Å². The van der Waals surface area contributed by atoms with Crippen molar-refractivity contribution in [1.82, 2.24) is 9.55 Å². The smallest absolute Gasteiger partial charge is 0.161 e. The van der Waals surface area contributed by atoms with E-state index in [9.17, 15) is 0 Å². The van der Waals surface area contributed by atoms with E-state index in [-0.39, 0.29) is 10.8 Å². The van der Waals surface area contributed by atoms with Crippen LogP contribution in [0.1, 0.15) is 52.7 Å². The molecule has 0 saturated heterocycles. The maximum Gasteiger partial charge on any atom is 0.161 e. The first-order valence-corrected chi connectivity index (χ1v) is 19.4. The zero-order valence-corrected chi connectivity index (χ0v) is 32.7. The molecule has 6 heteroatoms. The summed E-state index contributed by atoms with van der Waals surface area (Å²) in [6.07, 6.45) is 1.92. The molecule has 0 saturated carbocycles. The van der Waals surface area contributed by atoms with Crippen molar-refractivity contribution in [2.24, 2.45) is 0 Å². The third kappa shape index (κ3) is 5.50. The number of hydrogen-bond donors (Lipinski definition) is 0. The van der Waals surface area contributed by atoms with Crippen molar-refractivity contribution in [2.45, 2.75) is 52.4 Å². The van der Waals surface area contributed by atoms with E-state index in [1.54, 1.807) is 0 Å². The summed E-state index contributed by atoms with van der Waals surface area (Å²) in [5.74, 6) is 2.34. The molecule has 1 aliphatic rings. The molecule has 0 amide bonds. The van der Waals surface area contributed by atoms with Crippen LogP contribution in [0.25, 0.3) is 49.6 Å². The summed E-state index contributed by atoms with van der Waals surface area (Å²) >= 11 is 0. The Labute approximate surface area is 327 Å². The first-order chi connectivity index (χ1) is 27.0. The Bertz CT molecular complexity index is 2980. The van der Waals surface area contributed by atoms with Gasteiger partial charge in [0.05, 0.1) is 22.3 Å². The van der Waals surface area contributed by atoms with Gasteiger partial charge in [-0.3, -0.25) is 4.57 Å². The summed E-state index contributed by atoms with van der Waals surface area (Å²) in [6.45, 7) is 14.2. The minimum absolute atomic E-state index is 0.00255. The molecule has 3 aromatic heterocycles.